The maximum atomic E-state index is 3.00. The lowest BCUT2D eigenvalue weighted by atomic mass is 9.32. The smallest absolute Gasteiger partial charge is 0.252 e. The maximum Gasteiger partial charge on any atom is 0.252 e. The fourth-order valence-electron chi connectivity index (χ4n) is 17.5. The lowest BCUT2D eigenvalue weighted by Gasteiger charge is -2.54. The Kier molecular flexibility index (Phi) is 9.92. The van der Waals surface area contributed by atoms with Gasteiger partial charge < -0.3 is 14.7 Å². The van der Waals surface area contributed by atoms with Crippen LogP contribution in [0.25, 0.3) is 11.1 Å². The monoisotopic (exact) mass is 992 g/mol. The van der Waals surface area contributed by atoms with E-state index in [0.29, 0.717) is 0 Å². The summed E-state index contributed by atoms with van der Waals surface area (Å²) in [5, 5.41) is 0. The highest BCUT2D eigenvalue weighted by molar-refractivity contribution is 7.00. The third-order valence-electron chi connectivity index (χ3n) is 22.0. The first kappa shape index (κ1) is 49.4. The van der Waals surface area contributed by atoms with E-state index in [4.69, 9.17) is 0 Å². The first-order chi connectivity index (χ1) is 35.0. The lowest BCUT2D eigenvalue weighted by molar-refractivity contribution is 0.193. The summed E-state index contributed by atoms with van der Waals surface area (Å²) >= 11 is 0. The summed E-state index contributed by atoms with van der Waals surface area (Å²) in [6.45, 7) is 46.9. The molecule has 4 heterocycles. The summed E-state index contributed by atoms with van der Waals surface area (Å²) in [6, 6.07) is 33.5. The predicted molar refractivity (Wildman–Crippen MR) is 324 cm³/mol. The summed E-state index contributed by atoms with van der Waals surface area (Å²) < 4.78 is 0. The van der Waals surface area contributed by atoms with Gasteiger partial charge in [0.1, 0.15) is 0 Å². The minimum atomic E-state index is -0.177. The molecule has 0 aromatic heterocycles. The number of aryl methyl sites for hydroxylation is 4. The van der Waals surface area contributed by atoms with Crippen molar-refractivity contribution < 1.29 is 0 Å². The van der Waals surface area contributed by atoms with E-state index >= 15 is 0 Å². The molecule has 6 aromatic rings. The summed E-state index contributed by atoms with van der Waals surface area (Å²) in [6.07, 6.45) is 9.81. The van der Waals surface area contributed by atoms with Crippen molar-refractivity contribution in [3.63, 3.8) is 0 Å². The second kappa shape index (κ2) is 15.1. The minimum Gasteiger partial charge on any atom is -0.335 e. The normalized spacial score (nSPS) is 25.6. The Morgan fingerprint density at radius 1 is 0.440 bits per heavy atom. The van der Waals surface area contributed by atoms with Gasteiger partial charge in [-0.2, -0.15) is 0 Å². The van der Waals surface area contributed by atoms with Crippen LogP contribution in [0.3, 0.4) is 0 Å². The van der Waals surface area contributed by atoms with E-state index in [1.165, 1.54) is 157 Å². The largest absolute Gasteiger partial charge is 0.335 e. The maximum absolute atomic E-state index is 3.00. The Bertz CT molecular complexity index is 3490. The minimum absolute atomic E-state index is 0.00159. The molecule has 13 rings (SSSR count). The molecule has 75 heavy (non-hydrogen) atoms. The summed E-state index contributed by atoms with van der Waals surface area (Å²) in [7, 11) is 0. The lowest BCUT2D eigenvalue weighted by Crippen LogP contribution is -2.65. The number of fused-ring (bicyclic) bond motifs is 14. The van der Waals surface area contributed by atoms with E-state index in [9.17, 15) is 0 Å². The molecule has 4 unspecified atom stereocenters. The molecule has 0 N–H and O–H groups in total. The Labute approximate surface area is 453 Å². The van der Waals surface area contributed by atoms with Crippen LogP contribution in [-0.4, -0.2) is 17.8 Å². The van der Waals surface area contributed by atoms with Crippen molar-refractivity contribution in [3.05, 3.63) is 140 Å². The van der Waals surface area contributed by atoms with Gasteiger partial charge in [-0.3, -0.25) is 0 Å². The molecule has 0 bridgehead atoms. The molecule has 0 saturated heterocycles. The van der Waals surface area contributed by atoms with Crippen LogP contribution in [0.2, 0.25) is 0 Å². The molecule has 0 amide bonds. The van der Waals surface area contributed by atoms with Crippen LogP contribution in [0, 0.1) is 27.7 Å². The Morgan fingerprint density at radius 3 is 1.64 bits per heavy atom. The van der Waals surface area contributed by atoms with E-state index in [1.54, 1.807) is 16.6 Å². The molecule has 6 aromatic carbocycles. The fourth-order valence-corrected chi connectivity index (χ4v) is 17.5. The summed E-state index contributed by atoms with van der Waals surface area (Å²) in [5.41, 5.74) is 32.7. The molecular formula is C71H86BN3. The highest BCUT2D eigenvalue weighted by atomic mass is 15.3. The van der Waals surface area contributed by atoms with Gasteiger partial charge in [-0.1, -0.05) is 182 Å². The predicted octanol–water partition coefficient (Wildman–Crippen LogP) is 17.2. The zero-order valence-electron chi connectivity index (χ0n) is 49.6. The fraction of sp³-hybridized carbons (Fsp3) is 0.493. The molecule has 4 heteroatoms. The molecule has 7 aliphatic rings. The van der Waals surface area contributed by atoms with E-state index < -0.39 is 0 Å². The van der Waals surface area contributed by atoms with Crippen LogP contribution < -0.4 is 31.1 Å². The van der Waals surface area contributed by atoms with Crippen molar-refractivity contribution in [1.82, 2.24) is 0 Å². The highest BCUT2D eigenvalue weighted by Gasteiger charge is 2.64. The Morgan fingerprint density at radius 2 is 1.00 bits per heavy atom. The second-order valence-electron chi connectivity index (χ2n) is 29.9. The van der Waals surface area contributed by atoms with Crippen LogP contribution in [0.15, 0.2) is 78.9 Å². The van der Waals surface area contributed by atoms with Gasteiger partial charge in [-0.15, -0.1) is 0 Å². The first-order valence-electron chi connectivity index (χ1n) is 29.3. The van der Waals surface area contributed by atoms with Crippen molar-refractivity contribution in [1.29, 1.82) is 0 Å². The van der Waals surface area contributed by atoms with Crippen LogP contribution in [0.5, 0.6) is 0 Å². The van der Waals surface area contributed by atoms with E-state index in [2.05, 4.69) is 225 Å². The number of hydrogen-bond donors (Lipinski definition) is 0. The first-order valence-corrected chi connectivity index (χ1v) is 29.3. The van der Waals surface area contributed by atoms with E-state index in [1.807, 2.05) is 0 Å². The summed E-state index contributed by atoms with van der Waals surface area (Å²) in [5.74, 6) is 0. The molecule has 2 fully saturated rings. The molecule has 3 nitrogen and oxygen atoms in total. The van der Waals surface area contributed by atoms with Crippen LogP contribution in [0.4, 0.5) is 39.8 Å². The molecule has 388 valence electrons. The number of hydrogen-bond acceptors (Lipinski definition) is 3. The van der Waals surface area contributed by atoms with Crippen LogP contribution >= 0.6 is 0 Å². The average molecular weight is 992 g/mol. The number of nitrogens with zero attached hydrogens (tertiary/aromatic N) is 3. The average Bonchev–Trinajstić information content (AvgIpc) is 3.84. The van der Waals surface area contributed by atoms with Crippen LogP contribution in [0.1, 0.15) is 216 Å². The van der Waals surface area contributed by atoms with Gasteiger partial charge in [-0.05, 0) is 179 Å². The van der Waals surface area contributed by atoms with Crippen molar-refractivity contribution in [2.45, 2.75) is 226 Å². The number of rotatable bonds is 2. The zero-order chi connectivity index (χ0) is 53.4. The third kappa shape index (κ3) is 6.13. The van der Waals surface area contributed by atoms with Gasteiger partial charge in [0.2, 0.25) is 0 Å². The SMILES string of the molecule is Cc1cc(C)c2c3c1B1c4ccc5c(c4N(c4c(C)cc(C(C)(C)C)cc4C)c4cc(N6c7ccc(C(C)(C)C)cc7C7(C)CCCCC67C)cc(c41)N3C1(C)CCCCC21C)-c1cc(C(C)(C)C)ccc1C5(C)C. The van der Waals surface area contributed by atoms with Crippen molar-refractivity contribution >= 4 is 62.9 Å². The van der Waals surface area contributed by atoms with Gasteiger partial charge in [0, 0.05) is 55.9 Å². The highest BCUT2D eigenvalue weighted by Crippen LogP contribution is 2.66. The third-order valence-corrected chi connectivity index (χ3v) is 22.0. The zero-order valence-corrected chi connectivity index (χ0v) is 49.6. The van der Waals surface area contributed by atoms with E-state index in [-0.39, 0.29) is 50.3 Å². The molecule has 4 aliphatic heterocycles. The van der Waals surface area contributed by atoms with Crippen molar-refractivity contribution in [2.24, 2.45) is 0 Å². The van der Waals surface area contributed by atoms with Crippen molar-refractivity contribution in [2.75, 3.05) is 14.7 Å². The van der Waals surface area contributed by atoms with Gasteiger partial charge >= 0.3 is 0 Å². The molecule has 0 radical (unpaired) electrons. The Balaban J connectivity index is 1.22. The topological polar surface area (TPSA) is 9.72 Å². The van der Waals surface area contributed by atoms with Gasteiger partial charge in [0.05, 0.1) is 16.8 Å². The Hall–Kier alpha value is -5.22. The number of benzene rings is 6. The van der Waals surface area contributed by atoms with Crippen LogP contribution in [-0.2, 0) is 32.5 Å². The molecule has 4 atom stereocenters. The molecule has 3 aliphatic carbocycles. The van der Waals surface area contributed by atoms with Gasteiger partial charge in [0.25, 0.3) is 6.71 Å². The van der Waals surface area contributed by atoms with E-state index in [0.717, 1.165) is 6.42 Å². The molecular weight excluding hydrogens is 906 g/mol. The summed E-state index contributed by atoms with van der Waals surface area (Å²) in [4.78, 5) is 8.79. The van der Waals surface area contributed by atoms with Gasteiger partial charge in [0.15, 0.2) is 0 Å². The second-order valence-corrected chi connectivity index (χ2v) is 29.9. The number of anilines is 7. The van der Waals surface area contributed by atoms with Gasteiger partial charge in [-0.25, -0.2) is 0 Å². The molecule has 0 spiro atoms. The standard InChI is InChI=1S/C71H86BN3/c1-41-34-42(2)59-63-58(41)69(17)31-21-23-33-71(69,19)75(63)56-40-48(74-54-29-25-46(65(8,9)10)38-52(54)68(16)30-20-22-32-70(68,74)18)39-55-60(56)72(59)53-28-27-51-57(49-37-45(64(5,6)7)24-26-50(49)67(51,14)15)62(53)73(55)61-43(3)35-47(36-44(61)4)66(11,12)13/h24-29,34-40H,20-23,30-33H2,1-19H3. The van der Waals surface area contributed by atoms with Crippen molar-refractivity contribution in [3.8, 4) is 11.1 Å². The molecule has 2 saturated carbocycles. The quantitative estimate of drug-likeness (QED) is 0.160.